The predicted octanol–water partition coefficient (Wildman–Crippen LogP) is 6.20. The number of hydrogen-bond donors (Lipinski definition) is 1. The van der Waals surface area contributed by atoms with E-state index in [0.29, 0.717) is 0 Å². The van der Waals surface area contributed by atoms with Crippen molar-refractivity contribution in [3.8, 4) is 17.1 Å². The highest BCUT2D eigenvalue weighted by Crippen LogP contribution is 2.71. The Morgan fingerprint density at radius 3 is 2.23 bits per heavy atom. The van der Waals surface area contributed by atoms with Gasteiger partial charge >= 0.3 is 0 Å². The third kappa shape index (κ3) is 2.60. The minimum absolute atomic E-state index is 0.0694. The number of nitrogens with zero attached hydrogens (tertiary/aromatic N) is 2. The molecule has 0 saturated heterocycles. The van der Waals surface area contributed by atoms with Crippen molar-refractivity contribution in [1.82, 2.24) is 15.1 Å². The van der Waals surface area contributed by atoms with Crippen molar-refractivity contribution < 1.29 is 4.42 Å². The number of aromatic nitrogens is 2. The maximum atomic E-state index is 6.17. The Bertz CT molecular complexity index is 1170. The molecular weight excluding hydrogens is 370 g/mol. The van der Waals surface area contributed by atoms with Crippen LogP contribution in [0.3, 0.4) is 0 Å². The smallest absolute Gasteiger partial charge is 0.156 e. The van der Waals surface area contributed by atoms with Crippen molar-refractivity contribution in [3.63, 3.8) is 0 Å². The van der Waals surface area contributed by atoms with Gasteiger partial charge in [-0.2, -0.15) is 5.10 Å². The van der Waals surface area contributed by atoms with Gasteiger partial charge in [-0.15, -0.1) is 0 Å². The average molecular weight is 400 g/mol. The summed E-state index contributed by atoms with van der Waals surface area (Å²) >= 11 is 0. The third-order valence-corrected chi connectivity index (χ3v) is 8.10. The molecule has 0 spiro atoms. The lowest BCUT2D eigenvalue weighted by Crippen LogP contribution is -2.34. The molecule has 2 heterocycles. The Hall–Kier alpha value is -2.85. The Morgan fingerprint density at radius 1 is 0.900 bits per heavy atom. The van der Waals surface area contributed by atoms with E-state index in [9.17, 15) is 0 Å². The maximum absolute atomic E-state index is 6.17. The van der Waals surface area contributed by atoms with Crippen LogP contribution in [0.2, 0.25) is 0 Å². The highest BCUT2D eigenvalue weighted by Gasteiger charge is 2.73. The topological polar surface area (TPSA) is 43.0 Å². The lowest BCUT2D eigenvalue weighted by Gasteiger charge is -2.18. The number of furan rings is 1. The van der Waals surface area contributed by atoms with Gasteiger partial charge in [0, 0.05) is 29.2 Å². The molecule has 4 aromatic rings. The van der Waals surface area contributed by atoms with E-state index in [2.05, 4.69) is 70.4 Å². The van der Waals surface area contributed by atoms with Gasteiger partial charge in [-0.25, -0.2) is 4.68 Å². The van der Waals surface area contributed by atoms with Crippen LogP contribution in [0, 0.1) is 10.8 Å². The fourth-order valence-electron chi connectivity index (χ4n) is 4.87. The zero-order chi connectivity index (χ0) is 21.1. The van der Waals surface area contributed by atoms with Gasteiger partial charge in [0.05, 0.1) is 5.69 Å². The first kappa shape index (κ1) is 19.1. The minimum Gasteiger partial charge on any atom is -0.454 e. The van der Waals surface area contributed by atoms with Crippen LogP contribution in [0.1, 0.15) is 40.2 Å². The molecule has 0 atom stereocenters. The van der Waals surface area contributed by atoms with E-state index >= 15 is 0 Å². The van der Waals surface area contributed by atoms with Gasteiger partial charge in [0.25, 0.3) is 0 Å². The molecule has 4 nitrogen and oxygen atoms in total. The highest BCUT2D eigenvalue weighted by atomic mass is 16.3. The van der Waals surface area contributed by atoms with Crippen LogP contribution < -0.4 is 5.32 Å². The Labute approximate surface area is 177 Å². The van der Waals surface area contributed by atoms with E-state index in [1.807, 2.05) is 41.1 Å². The molecule has 0 amide bonds. The third-order valence-electron chi connectivity index (χ3n) is 8.10. The zero-order valence-corrected chi connectivity index (χ0v) is 18.4. The lowest BCUT2D eigenvalue weighted by atomic mass is 10.0. The van der Waals surface area contributed by atoms with Crippen LogP contribution in [0.15, 0.2) is 71.3 Å². The number of benzene rings is 2. The summed E-state index contributed by atoms with van der Waals surface area (Å²) in [5.74, 6) is 0.808. The molecular formula is C26H29N3O. The summed E-state index contributed by atoms with van der Waals surface area (Å²) in [6.45, 7) is 12.4. The first-order valence-electron chi connectivity index (χ1n) is 10.6. The molecule has 5 rings (SSSR count). The number of para-hydroxylation sites is 2. The number of nitrogens with one attached hydrogen (secondary N) is 1. The molecule has 1 fully saturated rings. The Balaban J connectivity index is 1.54. The lowest BCUT2D eigenvalue weighted by molar-refractivity contribution is 0.419. The predicted molar refractivity (Wildman–Crippen MR) is 122 cm³/mol. The SMILES string of the molecule is CC1(C)C(C)(C)C1(C)NCc1cn(-c2ccccc2)nc1-c1cc2ccccc2o1. The number of hydrogen-bond acceptors (Lipinski definition) is 3. The van der Waals surface area contributed by atoms with Gasteiger partial charge < -0.3 is 9.73 Å². The summed E-state index contributed by atoms with van der Waals surface area (Å²) in [4.78, 5) is 0. The standard InChI is InChI=1S/C26H29N3O/c1-24(2)25(3,4)26(24,5)27-16-19-17-29(20-12-7-6-8-13-20)28-23(19)22-15-18-11-9-10-14-21(18)30-22/h6-15,17,27H,16H2,1-5H3. The van der Waals surface area contributed by atoms with E-state index in [4.69, 9.17) is 9.52 Å². The molecule has 2 aromatic heterocycles. The molecule has 0 aliphatic heterocycles. The van der Waals surface area contributed by atoms with Crippen LogP contribution in [-0.2, 0) is 6.54 Å². The van der Waals surface area contributed by atoms with E-state index in [-0.39, 0.29) is 16.4 Å². The second kappa shape index (κ2) is 6.32. The van der Waals surface area contributed by atoms with Gasteiger partial charge in [-0.1, -0.05) is 64.1 Å². The molecule has 1 aliphatic carbocycles. The Kier molecular flexibility index (Phi) is 4.03. The molecule has 1 aliphatic rings. The summed E-state index contributed by atoms with van der Waals surface area (Å²) < 4.78 is 8.12. The monoisotopic (exact) mass is 399 g/mol. The van der Waals surface area contributed by atoms with Gasteiger partial charge in [-0.3, -0.25) is 0 Å². The van der Waals surface area contributed by atoms with Crippen molar-refractivity contribution >= 4 is 11.0 Å². The van der Waals surface area contributed by atoms with Crippen LogP contribution >= 0.6 is 0 Å². The van der Waals surface area contributed by atoms with Crippen LogP contribution in [-0.4, -0.2) is 15.3 Å². The summed E-state index contributed by atoms with van der Waals surface area (Å²) in [6, 6.07) is 20.4. The van der Waals surface area contributed by atoms with Gasteiger partial charge in [0.2, 0.25) is 0 Å². The van der Waals surface area contributed by atoms with Crippen molar-refractivity contribution in [2.24, 2.45) is 10.8 Å². The second-order valence-corrected chi connectivity index (χ2v) is 9.66. The first-order valence-corrected chi connectivity index (χ1v) is 10.6. The molecule has 154 valence electrons. The molecule has 0 bridgehead atoms. The Morgan fingerprint density at radius 2 is 1.57 bits per heavy atom. The van der Waals surface area contributed by atoms with Crippen molar-refractivity contribution in [1.29, 1.82) is 0 Å². The van der Waals surface area contributed by atoms with E-state index in [1.165, 1.54) is 0 Å². The summed E-state index contributed by atoms with van der Waals surface area (Å²) in [6.07, 6.45) is 2.12. The highest BCUT2D eigenvalue weighted by molar-refractivity contribution is 5.82. The summed E-state index contributed by atoms with van der Waals surface area (Å²) in [5, 5.41) is 9.86. The van der Waals surface area contributed by atoms with Gasteiger partial charge in [0.1, 0.15) is 11.3 Å². The normalized spacial score (nSPS) is 18.6. The molecule has 0 radical (unpaired) electrons. The van der Waals surface area contributed by atoms with E-state index in [1.54, 1.807) is 0 Å². The second-order valence-electron chi connectivity index (χ2n) is 9.66. The van der Waals surface area contributed by atoms with Crippen LogP contribution in [0.5, 0.6) is 0 Å². The molecule has 4 heteroatoms. The van der Waals surface area contributed by atoms with Gasteiger partial charge in [-0.05, 0) is 42.0 Å². The quantitative estimate of drug-likeness (QED) is 0.434. The van der Waals surface area contributed by atoms with E-state index < -0.39 is 0 Å². The zero-order valence-electron chi connectivity index (χ0n) is 18.4. The molecule has 2 aromatic carbocycles. The fourth-order valence-corrected chi connectivity index (χ4v) is 4.87. The maximum Gasteiger partial charge on any atom is 0.156 e. The van der Waals surface area contributed by atoms with Crippen molar-refractivity contribution in [3.05, 3.63) is 72.4 Å². The number of rotatable bonds is 5. The van der Waals surface area contributed by atoms with Gasteiger partial charge in [0.15, 0.2) is 5.76 Å². The van der Waals surface area contributed by atoms with Crippen molar-refractivity contribution in [2.45, 2.75) is 46.7 Å². The summed E-state index contributed by atoms with van der Waals surface area (Å²) in [7, 11) is 0. The van der Waals surface area contributed by atoms with Crippen LogP contribution in [0.4, 0.5) is 0 Å². The summed E-state index contributed by atoms with van der Waals surface area (Å²) in [5.41, 5.74) is 4.49. The minimum atomic E-state index is 0.0694. The fraction of sp³-hybridized carbons (Fsp3) is 0.346. The molecule has 1 N–H and O–H groups in total. The largest absolute Gasteiger partial charge is 0.454 e. The number of fused-ring (bicyclic) bond motifs is 1. The molecule has 0 unspecified atom stereocenters. The first-order chi connectivity index (χ1) is 14.2. The molecule has 1 saturated carbocycles. The van der Waals surface area contributed by atoms with E-state index in [0.717, 1.165) is 40.2 Å². The van der Waals surface area contributed by atoms with Crippen molar-refractivity contribution in [2.75, 3.05) is 0 Å². The van der Waals surface area contributed by atoms with Crippen LogP contribution in [0.25, 0.3) is 28.1 Å². The average Bonchev–Trinajstić information content (AvgIpc) is 3.23. The molecule has 30 heavy (non-hydrogen) atoms.